The van der Waals surface area contributed by atoms with E-state index >= 15 is 0 Å². The molecule has 0 aliphatic carbocycles. The van der Waals surface area contributed by atoms with Crippen LogP contribution in [-0.2, 0) is 4.79 Å². The predicted octanol–water partition coefficient (Wildman–Crippen LogP) is 5.40. The number of benzene rings is 3. The SMILES string of the molecule is O=C1N[C@@]2(Oc3ccccc3[C@H]3CC(c4ccccc4)=NN32)S/C1=C\c1ccccc1Cl. The molecule has 6 rings (SSSR count). The lowest BCUT2D eigenvalue weighted by Crippen LogP contribution is -2.58. The topological polar surface area (TPSA) is 53.9 Å². The van der Waals surface area contributed by atoms with Crippen molar-refractivity contribution >= 4 is 41.1 Å². The number of hydrazone groups is 1. The third-order valence-electron chi connectivity index (χ3n) is 5.78. The Balaban J connectivity index is 1.44. The Morgan fingerprint density at radius 2 is 1.81 bits per heavy atom. The number of rotatable bonds is 2. The number of hydrogen-bond acceptors (Lipinski definition) is 5. The zero-order valence-corrected chi connectivity index (χ0v) is 18.4. The van der Waals surface area contributed by atoms with Gasteiger partial charge in [-0.1, -0.05) is 78.3 Å². The van der Waals surface area contributed by atoms with Gasteiger partial charge in [0.15, 0.2) is 0 Å². The summed E-state index contributed by atoms with van der Waals surface area (Å²) in [7, 11) is 0. The van der Waals surface area contributed by atoms with Crippen LogP contribution in [0.1, 0.15) is 29.2 Å². The van der Waals surface area contributed by atoms with Crippen molar-refractivity contribution in [3.63, 3.8) is 0 Å². The first-order valence-corrected chi connectivity index (χ1v) is 11.5. The summed E-state index contributed by atoms with van der Waals surface area (Å²) in [5.41, 5.74) is 3.88. The van der Waals surface area contributed by atoms with Gasteiger partial charge in [0.2, 0.25) is 0 Å². The summed E-state index contributed by atoms with van der Waals surface area (Å²) in [5, 5.41) is 9.33. The maximum absolute atomic E-state index is 13.0. The lowest BCUT2D eigenvalue weighted by atomic mass is 9.97. The normalized spacial score (nSPS) is 24.7. The van der Waals surface area contributed by atoms with E-state index in [4.69, 9.17) is 21.4 Å². The molecule has 3 aromatic rings. The maximum atomic E-state index is 13.0. The summed E-state index contributed by atoms with van der Waals surface area (Å²) in [4.78, 5) is 13.5. The van der Waals surface area contributed by atoms with Gasteiger partial charge in [-0.25, -0.2) is 5.01 Å². The monoisotopic (exact) mass is 459 g/mol. The summed E-state index contributed by atoms with van der Waals surface area (Å²) in [6.45, 7) is 0. The van der Waals surface area contributed by atoms with Crippen LogP contribution >= 0.6 is 23.4 Å². The van der Waals surface area contributed by atoms with Crippen LogP contribution in [0.15, 0.2) is 88.9 Å². The second-order valence-electron chi connectivity index (χ2n) is 7.79. The molecule has 7 heteroatoms. The minimum absolute atomic E-state index is 0.0392. The fourth-order valence-electron chi connectivity index (χ4n) is 4.28. The number of fused-ring (bicyclic) bond motifs is 4. The smallest absolute Gasteiger partial charge is 0.336 e. The van der Waals surface area contributed by atoms with E-state index in [0.29, 0.717) is 9.93 Å². The largest absolute Gasteiger partial charge is 0.439 e. The third kappa shape index (κ3) is 3.10. The van der Waals surface area contributed by atoms with Crippen molar-refractivity contribution < 1.29 is 9.53 Å². The molecule has 0 bridgehead atoms. The number of amides is 1. The van der Waals surface area contributed by atoms with Gasteiger partial charge in [-0.15, -0.1) is 0 Å². The Hall–Kier alpha value is -3.22. The molecule has 5 nitrogen and oxygen atoms in total. The molecule has 3 heterocycles. The highest BCUT2D eigenvalue weighted by atomic mass is 35.5. The minimum Gasteiger partial charge on any atom is -0.439 e. The van der Waals surface area contributed by atoms with Crippen molar-refractivity contribution in [2.45, 2.75) is 17.6 Å². The number of ether oxygens (including phenoxy) is 1. The van der Waals surface area contributed by atoms with E-state index in [1.807, 2.05) is 65.7 Å². The number of hydrogen-bond donors (Lipinski definition) is 1. The van der Waals surface area contributed by atoms with Gasteiger partial charge in [-0.3, -0.25) is 10.1 Å². The number of carbonyl (C=O) groups excluding carboxylic acids is 1. The Morgan fingerprint density at radius 1 is 1.06 bits per heavy atom. The maximum Gasteiger partial charge on any atom is 0.336 e. The summed E-state index contributed by atoms with van der Waals surface area (Å²) >= 11 is 7.64. The summed E-state index contributed by atoms with van der Waals surface area (Å²) in [6, 6.07) is 25.5. The van der Waals surface area contributed by atoms with Crippen LogP contribution in [0.4, 0.5) is 0 Å². The van der Waals surface area contributed by atoms with Gasteiger partial charge in [0, 0.05) is 17.0 Å². The Kier molecular flexibility index (Phi) is 4.52. The van der Waals surface area contributed by atoms with Gasteiger partial charge in [0.05, 0.1) is 16.7 Å². The second-order valence-corrected chi connectivity index (χ2v) is 9.39. The number of halogens is 1. The van der Waals surface area contributed by atoms with E-state index in [0.717, 1.165) is 34.6 Å². The standard InChI is InChI=1S/C25H18ClN3O2S/c26-19-12-6-4-10-17(19)14-23-24(30)27-25(32-23)29-21(18-11-5-7-13-22(18)31-25)15-20(28-29)16-8-2-1-3-9-16/h1-14,21H,15H2,(H,27,30)/b23-14-/t21-,25-/m1/s1. The Bertz CT molecular complexity index is 1290. The zero-order chi connectivity index (χ0) is 21.7. The highest BCUT2D eigenvalue weighted by molar-refractivity contribution is 8.05. The Morgan fingerprint density at radius 3 is 2.66 bits per heavy atom. The van der Waals surface area contributed by atoms with Crippen molar-refractivity contribution in [3.8, 4) is 5.75 Å². The molecule has 0 aromatic heterocycles. The molecule has 0 unspecified atom stereocenters. The predicted molar refractivity (Wildman–Crippen MR) is 127 cm³/mol. The van der Waals surface area contributed by atoms with E-state index in [2.05, 4.69) is 23.5 Å². The molecule has 0 radical (unpaired) electrons. The molecule has 158 valence electrons. The molecule has 1 spiro atoms. The van der Waals surface area contributed by atoms with Crippen LogP contribution in [0, 0.1) is 0 Å². The lowest BCUT2D eigenvalue weighted by molar-refractivity contribution is -0.127. The first-order chi connectivity index (χ1) is 15.6. The molecule has 1 amide bonds. The molecule has 1 saturated heterocycles. The van der Waals surface area contributed by atoms with E-state index in [1.54, 1.807) is 6.08 Å². The van der Waals surface area contributed by atoms with Gasteiger partial charge < -0.3 is 4.74 Å². The van der Waals surface area contributed by atoms with Crippen LogP contribution in [0.25, 0.3) is 6.08 Å². The second kappa shape index (κ2) is 7.43. The molecular weight excluding hydrogens is 442 g/mol. The van der Waals surface area contributed by atoms with Crippen LogP contribution in [0.3, 0.4) is 0 Å². The first kappa shape index (κ1) is 19.5. The minimum atomic E-state index is -1.15. The highest BCUT2D eigenvalue weighted by Crippen LogP contribution is 2.53. The van der Waals surface area contributed by atoms with E-state index in [-0.39, 0.29) is 11.9 Å². The molecule has 0 saturated carbocycles. The molecule has 1 N–H and O–H groups in total. The van der Waals surface area contributed by atoms with Crippen molar-refractivity contribution in [2.75, 3.05) is 0 Å². The number of carbonyl (C=O) groups is 1. The van der Waals surface area contributed by atoms with Crippen LogP contribution in [-0.4, -0.2) is 21.8 Å². The van der Waals surface area contributed by atoms with Crippen molar-refractivity contribution in [2.24, 2.45) is 5.10 Å². The number of nitrogens with one attached hydrogen (secondary N) is 1. The summed E-state index contributed by atoms with van der Waals surface area (Å²) < 4.78 is 6.42. The van der Waals surface area contributed by atoms with Crippen LogP contribution < -0.4 is 10.1 Å². The molecule has 1 fully saturated rings. The number of thioether (sulfide) groups is 1. The molecule has 32 heavy (non-hydrogen) atoms. The van der Waals surface area contributed by atoms with E-state index < -0.39 is 5.18 Å². The fraction of sp³-hybridized carbons (Fsp3) is 0.120. The van der Waals surface area contributed by atoms with Crippen molar-refractivity contribution in [3.05, 3.63) is 105 Å². The fourth-order valence-corrected chi connectivity index (χ4v) is 5.63. The molecule has 3 aliphatic rings. The van der Waals surface area contributed by atoms with Gasteiger partial charge in [-0.2, -0.15) is 5.10 Å². The van der Waals surface area contributed by atoms with Gasteiger partial charge >= 0.3 is 5.18 Å². The van der Waals surface area contributed by atoms with Crippen LogP contribution in [0.5, 0.6) is 5.75 Å². The summed E-state index contributed by atoms with van der Waals surface area (Å²) in [6.07, 6.45) is 2.53. The first-order valence-electron chi connectivity index (χ1n) is 10.3. The summed E-state index contributed by atoms with van der Waals surface area (Å²) in [5.74, 6) is 0.543. The number of para-hydroxylation sites is 1. The quantitative estimate of drug-likeness (QED) is 0.521. The highest BCUT2D eigenvalue weighted by Gasteiger charge is 2.57. The average molecular weight is 460 g/mol. The third-order valence-corrected chi connectivity index (χ3v) is 7.30. The zero-order valence-electron chi connectivity index (χ0n) is 16.9. The molecule has 3 aromatic carbocycles. The number of nitrogens with zero attached hydrogens (tertiary/aromatic N) is 2. The van der Waals surface area contributed by atoms with Crippen molar-refractivity contribution in [1.82, 2.24) is 10.3 Å². The van der Waals surface area contributed by atoms with Crippen LogP contribution in [0.2, 0.25) is 5.02 Å². The van der Waals surface area contributed by atoms with E-state index in [9.17, 15) is 4.79 Å². The van der Waals surface area contributed by atoms with Crippen molar-refractivity contribution in [1.29, 1.82) is 0 Å². The average Bonchev–Trinajstić information content (AvgIpc) is 3.39. The van der Waals surface area contributed by atoms with Gasteiger partial charge in [0.25, 0.3) is 5.91 Å². The van der Waals surface area contributed by atoms with Gasteiger partial charge in [-0.05, 0) is 41.1 Å². The Labute approximate surface area is 194 Å². The molecular formula is C25H18ClN3O2S. The lowest BCUT2D eigenvalue weighted by Gasteiger charge is -2.43. The van der Waals surface area contributed by atoms with Gasteiger partial charge in [0.1, 0.15) is 5.75 Å². The van der Waals surface area contributed by atoms with E-state index in [1.165, 1.54) is 11.8 Å². The molecule has 2 atom stereocenters. The molecule has 3 aliphatic heterocycles.